The molecule has 2 aromatic carbocycles. The number of alkyl halides is 2. The summed E-state index contributed by atoms with van der Waals surface area (Å²) < 4.78 is 1.79. The van der Waals surface area contributed by atoms with Gasteiger partial charge in [0, 0.05) is 44.3 Å². The minimum atomic E-state index is -1.33. The van der Waals surface area contributed by atoms with Crippen LogP contribution < -0.4 is 38.2 Å². The van der Waals surface area contributed by atoms with E-state index in [1.807, 2.05) is 60.5 Å². The minimum Gasteiger partial charge on any atom is -1.00 e. The van der Waals surface area contributed by atoms with Gasteiger partial charge in [0.05, 0.1) is 47.4 Å². The highest BCUT2D eigenvalue weighted by Crippen LogP contribution is 2.43. The van der Waals surface area contributed by atoms with E-state index < -0.39 is 5.79 Å². The van der Waals surface area contributed by atoms with Crippen LogP contribution in [0.3, 0.4) is 0 Å². The normalized spacial score (nSPS) is 15.7. The van der Waals surface area contributed by atoms with Crippen molar-refractivity contribution in [1.82, 2.24) is 4.57 Å². The number of rotatable bonds is 12. The Bertz CT molecular complexity index is 1300. The van der Waals surface area contributed by atoms with Crippen LogP contribution in [0.1, 0.15) is 6.42 Å². The standard InChI is InChI=1S/C28H34Cl2N6O2S.ClH/c1-34-24-10-6-5-9-23(24)33-28(34,36-16-12-21(20-36)31-26(37)13-19-39(2)3)27(38)32-22-8-4-7-11-25(22)35(17-14-29)18-15-30;/h4-12,16,20,33H,13-15,17-19H2,1-3H3,(H-,31,32,37,38);1H. The monoisotopic (exact) mass is 624 g/mol. The first-order chi connectivity index (χ1) is 18.8. The van der Waals surface area contributed by atoms with Crippen molar-refractivity contribution in [3.63, 3.8) is 0 Å². The quantitative estimate of drug-likeness (QED) is 0.211. The Morgan fingerprint density at radius 1 is 1.00 bits per heavy atom. The van der Waals surface area contributed by atoms with E-state index in [1.165, 1.54) is 0 Å². The van der Waals surface area contributed by atoms with Crippen LogP contribution in [-0.4, -0.2) is 66.5 Å². The second-order valence-electron chi connectivity index (χ2n) is 9.51. The van der Waals surface area contributed by atoms with E-state index in [0.717, 1.165) is 22.8 Å². The van der Waals surface area contributed by atoms with Gasteiger partial charge in [-0.15, -0.1) is 23.2 Å². The third-order valence-corrected chi connectivity index (χ3v) is 8.02. The van der Waals surface area contributed by atoms with Crippen molar-refractivity contribution in [3.05, 3.63) is 67.0 Å². The first-order valence-corrected chi connectivity index (χ1v) is 16.0. The van der Waals surface area contributed by atoms with Crippen LogP contribution in [0.4, 0.5) is 28.4 Å². The number of fused-ring (bicyclic) bond motifs is 1. The van der Waals surface area contributed by atoms with Gasteiger partial charge in [-0.3, -0.25) is 9.59 Å². The van der Waals surface area contributed by atoms with Gasteiger partial charge in [-0.1, -0.05) is 24.3 Å². The van der Waals surface area contributed by atoms with E-state index in [0.29, 0.717) is 42.6 Å². The molecule has 3 aromatic rings. The summed E-state index contributed by atoms with van der Waals surface area (Å²) >= 11 is 12.1. The second-order valence-corrected chi connectivity index (χ2v) is 12.6. The zero-order valence-electron chi connectivity index (χ0n) is 22.8. The molecule has 40 heavy (non-hydrogen) atoms. The van der Waals surface area contributed by atoms with Crippen molar-refractivity contribution in [2.45, 2.75) is 12.2 Å². The molecule has 8 nitrogen and oxygen atoms in total. The predicted molar refractivity (Wildman–Crippen MR) is 167 cm³/mol. The fraction of sp³-hybridized carbons (Fsp3) is 0.357. The molecule has 1 atom stereocenters. The smallest absolute Gasteiger partial charge is 0.293 e. The molecule has 1 aliphatic heterocycles. The molecule has 0 saturated carbocycles. The number of carbonyl (C=O) groups is 2. The molecule has 3 N–H and O–H groups in total. The molecule has 1 aliphatic rings. The van der Waals surface area contributed by atoms with E-state index >= 15 is 0 Å². The number of para-hydroxylation sites is 4. The summed E-state index contributed by atoms with van der Waals surface area (Å²) in [6.07, 6.45) is 8.27. The summed E-state index contributed by atoms with van der Waals surface area (Å²) in [6.45, 7) is 1.18. The average Bonchev–Trinajstić information content (AvgIpc) is 3.51. The second kappa shape index (κ2) is 14.3. The molecule has 0 aliphatic carbocycles. The zero-order valence-corrected chi connectivity index (χ0v) is 25.9. The molecular weight excluding hydrogens is 591 g/mol. The maximum absolute atomic E-state index is 14.3. The van der Waals surface area contributed by atoms with Gasteiger partial charge in [-0.25, -0.2) is 0 Å². The molecule has 1 aromatic heterocycles. The SMILES string of the molecule is CN1c2ccccc2NC1(C(=O)Nc1ccccc1N(CCCl)CCCl)n1ccc(NC(=O)CC[S+](C)C)c1.[Cl-]. The Morgan fingerprint density at radius 2 is 1.68 bits per heavy atom. The Labute approximate surface area is 255 Å². The number of anilines is 5. The topological polar surface area (TPSA) is 81.6 Å². The minimum absolute atomic E-state index is 0. The summed E-state index contributed by atoms with van der Waals surface area (Å²) in [5.41, 5.74) is 3.82. The molecule has 0 spiro atoms. The lowest BCUT2D eigenvalue weighted by Gasteiger charge is -2.37. The van der Waals surface area contributed by atoms with Crippen molar-refractivity contribution in [2.24, 2.45) is 0 Å². The molecule has 0 fully saturated rings. The Balaban J connectivity index is 0.00000441. The van der Waals surface area contributed by atoms with Crippen LogP contribution in [0.2, 0.25) is 0 Å². The molecule has 1 unspecified atom stereocenters. The molecule has 4 rings (SSSR count). The van der Waals surface area contributed by atoms with Crippen LogP contribution in [0.25, 0.3) is 0 Å². The molecule has 12 heteroatoms. The zero-order chi connectivity index (χ0) is 28.0. The first-order valence-electron chi connectivity index (χ1n) is 12.7. The number of benzene rings is 2. The number of nitrogens with one attached hydrogen (secondary N) is 3. The number of likely N-dealkylation sites (N-methyl/N-ethyl adjacent to an activating group) is 1. The lowest BCUT2D eigenvalue weighted by Crippen LogP contribution is -3.00. The predicted octanol–water partition coefficient (Wildman–Crippen LogP) is 1.79. The molecule has 2 amide bonds. The fourth-order valence-corrected chi connectivity index (χ4v) is 5.70. The molecule has 0 saturated heterocycles. The lowest BCUT2D eigenvalue weighted by molar-refractivity contribution is -0.123. The van der Waals surface area contributed by atoms with Crippen LogP contribution in [-0.2, 0) is 26.3 Å². The fourth-order valence-electron chi connectivity index (χ4n) is 4.70. The Kier molecular flexibility index (Phi) is 11.3. The van der Waals surface area contributed by atoms with E-state index in [2.05, 4.69) is 33.4 Å². The van der Waals surface area contributed by atoms with Gasteiger partial charge in [0.25, 0.3) is 11.7 Å². The highest BCUT2D eigenvalue weighted by Gasteiger charge is 2.50. The van der Waals surface area contributed by atoms with Gasteiger partial charge in [0.15, 0.2) is 0 Å². The molecule has 216 valence electrons. The number of aromatic nitrogens is 1. The highest BCUT2D eigenvalue weighted by atomic mass is 35.5. The number of amides is 2. The number of carbonyl (C=O) groups excluding carboxylic acids is 2. The number of hydrogen-bond acceptors (Lipinski definition) is 5. The first kappa shape index (κ1) is 31.8. The maximum atomic E-state index is 14.3. The summed E-state index contributed by atoms with van der Waals surface area (Å²) in [5, 5.41) is 9.58. The Hall–Kier alpha value is -2.72. The molecule has 0 bridgehead atoms. The van der Waals surface area contributed by atoms with Crippen LogP contribution >= 0.6 is 23.2 Å². The Morgan fingerprint density at radius 3 is 2.35 bits per heavy atom. The van der Waals surface area contributed by atoms with E-state index in [1.54, 1.807) is 23.0 Å². The number of nitrogens with zero attached hydrogens (tertiary/aromatic N) is 3. The maximum Gasteiger partial charge on any atom is 0.293 e. The lowest BCUT2D eigenvalue weighted by atomic mass is 10.2. The van der Waals surface area contributed by atoms with Crippen molar-refractivity contribution >= 4 is 74.3 Å². The van der Waals surface area contributed by atoms with Crippen molar-refractivity contribution < 1.29 is 22.0 Å². The van der Waals surface area contributed by atoms with Crippen molar-refractivity contribution in [2.75, 3.05) is 75.9 Å². The molecule has 2 heterocycles. The third kappa shape index (κ3) is 6.77. The van der Waals surface area contributed by atoms with E-state index in [-0.39, 0.29) is 35.1 Å². The van der Waals surface area contributed by atoms with Crippen LogP contribution in [0, 0.1) is 0 Å². The molecular formula is C28H35Cl3N6O2S. The van der Waals surface area contributed by atoms with Gasteiger partial charge in [-0.05, 0) is 41.2 Å². The van der Waals surface area contributed by atoms with Crippen molar-refractivity contribution in [3.8, 4) is 0 Å². The van der Waals surface area contributed by atoms with E-state index in [4.69, 9.17) is 23.2 Å². The van der Waals surface area contributed by atoms with E-state index in [9.17, 15) is 9.59 Å². The summed E-state index contributed by atoms with van der Waals surface area (Å²) in [4.78, 5) is 30.8. The number of hydrogen-bond donors (Lipinski definition) is 3. The van der Waals surface area contributed by atoms with Gasteiger partial charge in [0.1, 0.15) is 5.75 Å². The number of halogens is 3. The summed E-state index contributed by atoms with van der Waals surface area (Å²) in [7, 11) is 2.06. The van der Waals surface area contributed by atoms with Crippen molar-refractivity contribution in [1.29, 1.82) is 0 Å². The van der Waals surface area contributed by atoms with Crippen LogP contribution in [0.5, 0.6) is 0 Å². The van der Waals surface area contributed by atoms with Gasteiger partial charge in [-0.2, -0.15) is 0 Å². The highest BCUT2D eigenvalue weighted by molar-refractivity contribution is 7.95. The summed E-state index contributed by atoms with van der Waals surface area (Å²) in [5.74, 6) is 0.0256. The largest absolute Gasteiger partial charge is 1.00 e. The van der Waals surface area contributed by atoms with Gasteiger partial charge < -0.3 is 42.7 Å². The average molecular weight is 626 g/mol. The van der Waals surface area contributed by atoms with Gasteiger partial charge in [0.2, 0.25) is 5.91 Å². The van der Waals surface area contributed by atoms with Crippen LogP contribution in [0.15, 0.2) is 67.0 Å². The van der Waals surface area contributed by atoms with Gasteiger partial charge >= 0.3 is 0 Å². The third-order valence-electron chi connectivity index (χ3n) is 6.67. The molecule has 0 radical (unpaired) electrons. The summed E-state index contributed by atoms with van der Waals surface area (Å²) in [6, 6.07) is 17.2.